The molecule has 0 unspecified atom stereocenters. The number of amides is 1. The number of rotatable bonds is 7. The molecule has 2 rings (SSSR count). The number of hydrogen-bond acceptors (Lipinski definition) is 7. The normalized spacial score (nSPS) is 12.4. The first-order valence-corrected chi connectivity index (χ1v) is 9.21. The van der Waals surface area contributed by atoms with E-state index in [2.05, 4.69) is 15.2 Å². The van der Waals surface area contributed by atoms with Crippen molar-refractivity contribution in [1.82, 2.24) is 9.88 Å². The summed E-state index contributed by atoms with van der Waals surface area (Å²) in [6, 6.07) is 5.85. The number of esters is 1. The number of carbonyl (C=O) groups excluding carboxylic acids is 2. The van der Waals surface area contributed by atoms with Gasteiger partial charge in [-0.15, -0.1) is 0 Å². The fourth-order valence-corrected chi connectivity index (χ4v) is 3.34. The molecule has 0 aliphatic rings. The number of benzene rings is 1. The fraction of sp³-hybridized carbons (Fsp3) is 0.267. The van der Waals surface area contributed by atoms with Crippen molar-refractivity contribution in [1.29, 1.82) is 0 Å². The molecule has 0 bridgehead atoms. The quantitative estimate of drug-likeness (QED) is 0.672. The minimum Gasteiger partial charge on any atom is -0.454 e. The summed E-state index contributed by atoms with van der Waals surface area (Å²) >= 11 is 5.76. The second-order valence-corrected chi connectivity index (χ2v) is 7.43. The first kappa shape index (κ1) is 19.9. The summed E-state index contributed by atoms with van der Waals surface area (Å²) in [5, 5.41) is 6.16. The predicted molar refractivity (Wildman–Crippen MR) is 92.1 cm³/mol. The van der Waals surface area contributed by atoms with Gasteiger partial charge in [0.25, 0.3) is 5.91 Å². The van der Waals surface area contributed by atoms with Crippen LogP contribution in [-0.2, 0) is 24.3 Å². The van der Waals surface area contributed by atoms with E-state index in [1.807, 2.05) is 0 Å². The zero-order valence-corrected chi connectivity index (χ0v) is 15.4. The summed E-state index contributed by atoms with van der Waals surface area (Å²) in [6.45, 7) is 2.34. The van der Waals surface area contributed by atoms with Gasteiger partial charge in [-0.1, -0.05) is 22.8 Å². The van der Waals surface area contributed by atoms with Gasteiger partial charge >= 0.3 is 5.97 Å². The van der Waals surface area contributed by atoms with E-state index in [1.54, 1.807) is 6.92 Å². The van der Waals surface area contributed by atoms with Crippen LogP contribution in [0, 0.1) is 6.92 Å². The molecule has 0 aliphatic heterocycles. The number of aryl methyl sites for hydroxylation is 1. The Morgan fingerprint density at radius 2 is 2.08 bits per heavy atom. The van der Waals surface area contributed by atoms with Crippen LogP contribution in [0.1, 0.15) is 12.7 Å². The van der Waals surface area contributed by atoms with Crippen LogP contribution in [0.25, 0.3) is 0 Å². The predicted octanol–water partition coefficient (Wildman–Crippen LogP) is 1.49. The molecule has 1 amide bonds. The van der Waals surface area contributed by atoms with Crippen LogP contribution in [-0.4, -0.2) is 38.1 Å². The van der Waals surface area contributed by atoms with Crippen molar-refractivity contribution in [2.24, 2.45) is 0 Å². The monoisotopic (exact) mass is 401 g/mol. The minimum absolute atomic E-state index is 0.0937. The Morgan fingerprint density at radius 1 is 1.35 bits per heavy atom. The number of hydrogen-bond donors (Lipinski definition) is 2. The van der Waals surface area contributed by atoms with Gasteiger partial charge in [0.15, 0.2) is 12.4 Å². The van der Waals surface area contributed by atoms with Crippen LogP contribution < -0.4 is 10.0 Å². The molecule has 1 aromatic carbocycles. The van der Waals surface area contributed by atoms with Gasteiger partial charge in [0.2, 0.25) is 10.0 Å². The van der Waals surface area contributed by atoms with E-state index in [9.17, 15) is 18.0 Å². The summed E-state index contributed by atoms with van der Waals surface area (Å²) in [5.41, 5.74) is 0. The number of sulfonamides is 1. The molecule has 0 saturated heterocycles. The minimum atomic E-state index is -3.97. The third-order valence-electron chi connectivity index (χ3n) is 3.03. The van der Waals surface area contributed by atoms with Crippen LogP contribution in [0.15, 0.2) is 39.8 Å². The maximum Gasteiger partial charge on any atom is 0.324 e. The number of aromatic nitrogens is 1. The molecule has 0 saturated carbocycles. The third-order valence-corrected chi connectivity index (χ3v) is 4.81. The lowest BCUT2D eigenvalue weighted by atomic mass is 10.4. The molecule has 1 atom stereocenters. The fourth-order valence-electron chi connectivity index (χ4n) is 1.85. The van der Waals surface area contributed by atoms with Gasteiger partial charge < -0.3 is 14.6 Å². The van der Waals surface area contributed by atoms with Crippen molar-refractivity contribution in [3.05, 3.63) is 41.1 Å². The Morgan fingerprint density at radius 3 is 2.69 bits per heavy atom. The average molecular weight is 402 g/mol. The molecule has 1 heterocycles. The van der Waals surface area contributed by atoms with E-state index in [0.29, 0.717) is 5.76 Å². The molecule has 0 fully saturated rings. The molecule has 26 heavy (non-hydrogen) atoms. The zero-order chi connectivity index (χ0) is 19.3. The summed E-state index contributed by atoms with van der Waals surface area (Å²) < 4.78 is 36.1. The summed E-state index contributed by atoms with van der Waals surface area (Å²) in [5.74, 6) is -0.877. The molecule has 1 aromatic heterocycles. The molecule has 2 N–H and O–H groups in total. The molecule has 9 nitrogen and oxygen atoms in total. The highest BCUT2D eigenvalue weighted by molar-refractivity contribution is 7.89. The van der Waals surface area contributed by atoms with Crippen molar-refractivity contribution in [2.75, 3.05) is 11.9 Å². The first-order chi connectivity index (χ1) is 12.2. The van der Waals surface area contributed by atoms with E-state index < -0.39 is 34.5 Å². The van der Waals surface area contributed by atoms with Crippen LogP contribution in [0.5, 0.6) is 0 Å². The Kier molecular flexibility index (Phi) is 6.35. The number of anilines is 1. The topological polar surface area (TPSA) is 128 Å². The Balaban J connectivity index is 1.87. The SMILES string of the molecule is Cc1cc(NC(=O)COC(=O)[C@H](C)NS(=O)(=O)c2cccc(Cl)c2)no1. The molecule has 0 radical (unpaired) electrons. The van der Waals surface area contributed by atoms with Gasteiger partial charge in [0.1, 0.15) is 11.8 Å². The van der Waals surface area contributed by atoms with Crippen LogP contribution >= 0.6 is 11.6 Å². The highest BCUT2D eigenvalue weighted by Crippen LogP contribution is 2.15. The van der Waals surface area contributed by atoms with E-state index in [1.165, 1.54) is 37.3 Å². The van der Waals surface area contributed by atoms with Gasteiger partial charge in [-0.25, -0.2) is 8.42 Å². The van der Waals surface area contributed by atoms with Crippen molar-refractivity contribution in [2.45, 2.75) is 24.8 Å². The molecule has 0 spiro atoms. The largest absolute Gasteiger partial charge is 0.454 e. The molecular formula is C15H16ClN3O6S. The second-order valence-electron chi connectivity index (χ2n) is 5.28. The number of nitrogens with one attached hydrogen (secondary N) is 2. The highest BCUT2D eigenvalue weighted by atomic mass is 35.5. The van der Waals surface area contributed by atoms with Crippen molar-refractivity contribution in [3.63, 3.8) is 0 Å². The first-order valence-electron chi connectivity index (χ1n) is 7.35. The van der Waals surface area contributed by atoms with Crippen molar-refractivity contribution < 1.29 is 27.3 Å². The number of carbonyl (C=O) groups is 2. The number of halogens is 1. The summed E-state index contributed by atoms with van der Waals surface area (Å²) in [7, 11) is -3.97. The summed E-state index contributed by atoms with van der Waals surface area (Å²) in [6.07, 6.45) is 0. The Hall–Kier alpha value is -2.43. The van der Waals surface area contributed by atoms with Gasteiger partial charge in [0.05, 0.1) is 4.90 Å². The zero-order valence-electron chi connectivity index (χ0n) is 13.9. The maximum atomic E-state index is 12.2. The van der Waals surface area contributed by atoms with Gasteiger partial charge in [-0.2, -0.15) is 4.72 Å². The van der Waals surface area contributed by atoms with E-state index in [-0.39, 0.29) is 15.7 Å². The molecule has 0 aliphatic carbocycles. The Labute approximate surface area is 154 Å². The lowest BCUT2D eigenvalue weighted by Gasteiger charge is -2.13. The number of nitrogens with zero attached hydrogens (tertiary/aromatic N) is 1. The maximum absolute atomic E-state index is 12.2. The lowest BCUT2D eigenvalue weighted by Crippen LogP contribution is -2.40. The molecule has 2 aromatic rings. The van der Waals surface area contributed by atoms with Crippen molar-refractivity contribution in [3.8, 4) is 0 Å². The molecular weight excluding hydrogens is 386 g/mol. The standard InChI is InChI=1S/C15H16ClN3O6S/c1-9-6-13(18-25-9)17-14(20)8-24-15(21)10(2)19-26(22,23)12-5-3-4-11(16)7-12/h3-7,10,19H,8H2,1-2H3,(H,17,18,20)/t10-/m0/s1. The molecule has 11 heteroatoms. The highest BCUT2D eigenvalue weighted by Gasteiger charge is 2.24. The van der Waals surface area contributed by atoms with Crippen LogP contribution in [0.3, 0.4) is 0 Å². The van der Waals surface area contributed by atoms with Gasteiger partial charge in [-0.05, 0) is 32.0 Å². The molecule has 140 valence electrons. The lowest BCUT2D eigenvalue weighted by molar-refractivity contribution is -0.148. The second kappa shape index (κ2) is 8.30. The van der Waals surface area contributed by atoms with E-state index >= 15 is 0 Å². The Bertz CT molecular complexity index is 912. The van der Waals surface area contributed by atoms with E-state index in [4.69, 9.17) is 20.9 Å². The van der Waals surface area contributed by atoms with Crippen LogP contribution in [0.2, 0.25) is 5.02 Å². The van der Waals surface area contributed by atoms with Gasteiger partial charge in [-0.3, -0.25) is 9.59 Å². The van der Waals surface area contributed by atoms with Gasteiger partial charge in [0, 0.05) is 11.1 Å². The third kappa shape index (κ3) is 5.55. The average Bonchev–Trinajstić information content (AvgIpc) is 2.97. The van der Waals surface area contributed by atoms with Crippen molar-refractivity contribution >= 4 is 39.3 Å². The summed E-state index contributed by atoms with van der Waals surface area (Å²) in [4.78, 5) is 23.5. The van der Waals surface area contributed by atoms with E-state index in [0.717, 1.165) is 0 Å². The number of ether oxygens (including phenoxy) is 1. The van der Waals surface area contributed by atoms with Crippen LogP contribution in [0.4, 0.5) is 5.82 Å². The smallest absolute Gasteiger partial charge is 0.324 e.